The minimum atomic E-state index is -0.355. The van der Waals surface area contributed by atoms with Crippen LogP contribution < -0.4 is 0 Å². The molecular weight excluding hydrogens is 170 g/mol. The highest BCUT2D eigenvalue weighted by molar-refractivity contribution is 5.63. The van der Waals surface area contributed by atoms with E-state index in [9.17, 15) is 5.11 Å². The Balaban J connectivity index is 2.53. The van der Waals surface area contributed by atoms with Gasteiger partial charge in [0.25, 0.3) is 5.88 Å². The Kier molecular flexibility index (Phi) is 1.63. The van der Waals surface area contributed by atoms with Crippen LogP contribution in [-0.4, -0.2) is 25.5 Å². The number of rotatable bonds is 1. The molecule has 2 rings (SSSR count). The Morgan fingerprint density at radius 2 is 1.85 bits per heavy atom. The van der Waals surface area contributed by atoms with Crippen LogP contribution in [0.3, 0.4) is 0 Å². The Morgan fingerprint density at radius 3 is 2.38 bits per heavy atom. The van der Waals surface area contributed by atoms with Crippen molar-refractivity contribution in [3.63, 3.8) is 0 Å². The van der Waals surface area contributed by atoms with E-state index in [1.807, 2.05) is 18.2 Å². The third-order valence-corrected chi connectivity index (χ3v) is 1.68. The van der Waals surface area contributed by atoms with E-state index in [2.05, 4.69) is 10.3 Å². The quantitative estimate of drug-likeness (QED) is 0.634. The third kappa shape index (κ3) is 1.20. The van der Waals surface area contributed by atoms with Gasteiger partial charge in [0, 0.05) is 5.56 Å². The number of nitrogens with zero attached hydrogens (tertiary/aromatic N) is 3. The fourth-order valence-corrected chi connectivity index (χ4v) is 1.05. The van der Waals surface area contributed by atoms with Crippen molar-refractivity contribution >= 4 is 0 Å². The number of hydrogen-bond donors (Lipinski definition) is 2. The molecule has 1 heterocycles. The van der Waals surface area contributed by atoms with E-state index in [-0.39, 0.29) is 11.6 Å². The van der Waals surface area contributed by atoms with Gasteiger partial charge >= 0.3 is 0 Å². The van der Waals surface area contributed by atoms with Crippen LogP contribution in [-0.2, 0) is 0 Å². The highest BCUT2D eigenvalue weighted by Crippen LogP contribution is 2.24. The lowest BCUT2D eigenvalue weighted by atomic mass is 10.2. The molecule has 0 saturated carbocycles. The largest absolute Gasteiger partial charge is 0.490 e. The molecule has 0 unspecified atom stereocenters. The molecule has 5 heteroatoms. The van der Waals surface area contributed by atoms with Crippen molar-refractivity contribution < 1.29 is 10.3 Å². The third-order valence-electron chi connectivity index (χ3n) is 1.68. The normalized spacial score (nSPS) is 10.2. The van der Waals surface area contributed by atoms with Crippen molar-refractivity contribution in [2.45, 2.75) is 0 Å². The molecule has 2 aromatic rings. The Hall–Kier alpha value is -2.04. The maximum atomic E-state index is 9.28. The second-order valence-corrected chi connectivity index (χ2v) is 2.52. The minimum absolute atomic E-state index is 0.267. The summed E-state index contributed by atoms with van der Waals surface area (Å²) < 4.78 is 0. The van der Waals surface area contributed by atoms with Crippen LogP contribution in [0.4, 0.5) is 0 Å². The van der Waals surface area contributed by atoms with Gasteiger partial charge in [-0.2, -0.15) is 0 Å². The van der Waals surface area contributed by atoms with E-state index in [1.165, 1.54) is 0 Å². The van der Waals surface area contributed by atoms with Gasteiger partial charge in [-0.1, -0.05) is 30.3 Å². The summed E-state index contributed by atoms with van der Waals surface area (Å²) >= 11 is 0. The molecule has 0 bridgehead atoms. The van der Waals surface area contributed by atoms with Crippen LogP contribution in [0.1, 0.15) is 0 Å². The van der Waals surface area contributed by atoms with Crippen LogP contribution in [0.2, 0.25) is 0 Å². The van der Waals surface area contributed by atoms with Gasteiger partial charge < -0.3 is 10.3 Å². The first-order valence-electron chi connectivity index (χ1n) is 3.68. The van der Waals surface area contributed by atoms with E-state index >= 15 is 0 Å². The van der Waals surface area contributed by atoms with Crippen molar-refractivity contribution in [1.29, 1.82) is 0 Å². The molecule has 0 aliphatic heterocycles. The summed E-state index contributed by atoms with van der Waals surface area (Å²) in [7, 11) is 0. The van der Waals surface area contributed by atoms with Gasteiger partial charge in [-0.25, -0.2) is 0 Å². The lowest BCUT2D eigenvalue weighted by Crippen LogP contribution is -1.90. The first-order valence-corrected chi connectivity index (χ1v) is 3.68. The second-order valence-electron chi connectivity index (χ2n) is 2.52. The molecule has 2 N–H and O–H groups in total. The first-order chi connectivity index (χ1) is 6.29. The maximum absolute atomic E-state index is 9.28. The van der Waals surface area contributed by atoms with Crippen LogP contribution in [0, 0.1) is 0 Å². The molecule has 0 radical (unpaired) electrons. The zero-order valence-electron chi connectivity index (χ0n) is 6.62. The first kappa shape index (κ1) is 7.60. The molecule has 0 aliphatic rings. The average Bonchev–Trinajstić information content (AvgIpc) is 2.49. The molecule has 66 valence electrons. The molecule has 0 fully saturated rings. The minimum Gasteiger partial charge on any atom is -0.490 e. The van der Waals surface area contributed by atoms with E-state index in [0.717, 1.165) is 0 Å². The van der Waals surface area contributed by atoms with Gasteiger partial charge in [-0.3, -0.25) is 0 Å². The molecule has 1 aromatic carbocycles. The molecular formula is C8H7N3O2. The second kappa shape index (κ2) is 2.78. The summed E-state index contributed by atoms with van der Waals surface area (Å²) in [6.45, 7) is 0. The van der Waals surface area contributed by atoms with Gasteiger partial charge in [0.2, 0.25) is 0 Å². The summed E-state index contributed by atoms with van der Waals surface area (Å²) in [4.78, 5) is 0.336. The maximum Gasteiger partial charge on any atom is 0.276 e. The highest BCUT2D eigenvalue weighted by atomic mass is 16.5. The van der Waals surface area contributed by atoms with Crippen LogP contribution in [0.15, 0.2) is 30.3 Å². The van der Waals surface area contributed by atoms with E-state index < -0.39 is 0 Å². The van der Waals surface area contributed by atoms with Crippen molar-refractivity contribution in [1.82, 2.24) is 15.2 Å². The van der Waals surface area contributed by atoms with Crippen molar-refractivity contribution in [3.05, 3.63) is 30.3 Å². The summed E-state index contributed by atoms with van der Waals surface area (Å²) in [6, 6.07) is 9.01. The molecule has 0 spiro atoms. The highest BCUT2D eigenvalue weighted by Gasteiger charge is 2.11. The topological polar surface area (TPSA) is 71.2 Å². The van der Waals surface area contributed by atoms with Crippen LogP contribution in [0.5, 0.6) is 5.88 Å². The number of aromatic nitrogens is 3. The summed E-state index contributed by atoms with van der Waals surface area (Å²) in [5.41, 5.74) is 0.975. The predicted octanol–water partition coefficient (Wildman–Crippen LogP) is 0.888. The molecule has 5 nitrogen and oxygen atoms in total. The Bertz CT molecular complexity index is 411. The predicted molar refractivity (Wildman–Crippen MR) is 44.3 cm³/mol. The van der Waals surface area contributed by atoms with Gasteiger partial charge in [0.05, 0.1) is 0 Å². The lowest BCUT2D eigenvalue weighted by molar-refractivity contribution is 0.117. The Morgan fingerprint density at radius 1 is 1.15 bits per heavy atom. The zero-order valence-corrected chi connectivity index (χ0v) is 6.62. The van der Waals surface area contributed by atoms with E-state index in [1.54, 1.807) is 12.1 Å². The summed E-state index contributed by atoms with van der Waals surface area (Å²) in [5.74, 6) is -0.355. The Labute approximate surface area is 73.8 Å². The molecule has 13 heavy (non-hydrogen) atoms. The van der Waals surface area contributed by atoms with Crippen molar-refractivity contribution in [2.75, 3.05) is 0 Å². The molecule has 1 aromatic heterocycles. The fourth-order valence-electron chi connectivity index (χ4n) is 1.05. The van der Waals surface area contributed by atoms with Gasteiger partial charge in [0.15, 0.2) is 5.69 Å². The van der Waals surface area contributed by atoms with Crippen LogP contribution in [0.25, 0.3) is 11.3 Å². The van der Waals surface area contributed by atoms with E-state index in [0.29, 0.717) is 10.4 Å². The number of benzene rings is 1. The van der Waals surface area contributed by atoms with Crippen molar-refractivity contribution in [2.24, 2.45) is 0 Å². The van der Waals surface area contributed by atoms with Gasteiger partial charge in [-0.05, 0) is 10.1 Å². The zero-order chi connectivity index (χ0) is 9.26. The SMILES string of the molecule is Oc1c(-c2ccccc2)nnn1O. The molecule has 0 aliphatic carbocycles. The summed E-state index contributed by atoms with van der Waals surface area (Å²) in [6.07, 6.45) is 0. The van der Waals surface area contributed by atoms with Gasteiger partial charge in [0.1, 0.15) is 0 Å². The average molecular weight is 177 g/mol. The molecule has 0 atom stereocenters. The number of aromatic hydroxyl groups is 1. The van der Waals surface area contributed by atoms with E-state index in [4.69, 9.17) is 5.21 Å². The monoisotopic (exact) mass is 177 g/mol. The van der Waals surface area contributed by atoms with Crippen molar-refractivity contribution in [3.8, 4) is 17.1 Å². The molecule has 0 saturated heterocycles. The smallest absolute Gasteiger partial charge is 0.276 e. The van der Waals surface area contributed by atoms with Crippen LogP contribution >= 0.6 is 0 Å². The summed E-state index contributed by atoms with van der Waals surface area (Å²) in [5, 5.41) is 25.0. The van der Waals surface area contributed by atoms with Gasteiger partial charge in [-0.15, -0.1) is 5.10 Å². The fraction of sp³-hybridized carbons (Fsp3) is 0. The number of hydrogen-bond acceptors (Lipinski definition) is 4. The lowest BCUT2D eigenvalue weighted by Gasteiger charge is -1.94. The standard InChI is InChI=1S/C8H7N3O2/c12-8-7(9-10-11(8)13)6-4-2-1-3-5-6/h1-5,12-13H. The molecule has 0 amide bonds.